The molecule has 2 rings (SSSR count). The molecule has 4 heteroatoms. The van der Waals surface area contributed by atoms with Crippen LogP contribution in [0.25, 0.3) is 0 Å². The Kier molecular flexibility index (Phi) is 3.64. The molecule has 2 aliphatic heterocycles. The van der Waals surface area contributed by atoms with E-state index in [2.05, 4.69) is 15.2 Å². The van der Waals surface area contributed by atoms with E-state index in [0.29, 0.717) is 6.04 Å². The first-order valence-corrected chi connectivity index (χ1v) is 6.06. The number of thioether (sulfide) groups is 1. The van der Waals surface area contributed by atoms with Gasteiger partial charge in [0.15, 0.2) is 0 Å². The summed E-state index contributed by atoms with van der Waals surface area (Å²) in [5.41, 5.74) is 2.00. The summed E-state index contributed by atoms with van der Waals surface area (Å²) in [6, 6.07) is 0.597. The smallest absolute Gasteiger partial charge is 0.0612 e. The maximum atomic E-state index is 4.42. The van der Waals surface area contributed by atoms with Gasteiger partial charge < -0.3 is 10.2 Å². The van der Waals surface area contributed by atoms with Crippen LogP contribution in [0.3, 0.4) is 0 Å². The van der Waals surface area contributed by atoms with Gasteiger partial charge in [0, 0.05) is 38.5 Å². The molecule has 1 saturated heterocycles. The van der Waals surface area contributed by atoms with Crippen molar-refractivity contribution in [1.29, 1.82) is 0 Å². The molecule has 0 aliphatic carbocycles. The van der Waals surface area contributed by atoms with Gasteiger partial charge in [0.25, 0.3) is 0 Å². The third kappa shape index (κ3) is 2.97. The van der Waals surface area contributed by atoms with Crippen LogP contribution >= 0.6 is 11.8 Å². The lowest BCUT2D eigenvalue weighted by Crippen LogP contribution is -2.44. The highest BCUT2D eigenvalue weighted by Crippen LogP contribution is 2.14. The number of nitrogens with one attached hydrogen (secondary N) is 1. The van der Waals surface area contributed by atoms with Crippen LogP contribution in [0.4, 0.5) is 0 Å². The first-order valence-electron chi connectivity index (χ1n) is 5.01. The summed E-state index contributed by atoms with van der Waals surface area (Å²) in [5, 5.41) is 3.37. The average molecular weight is 199 g/mol. The predicted octanol–water partition coefficient (Wildman–Crippen LogP) is 0.425. The SMILES string of the molecule is C1=N[C@H](CCN2CCNCC2)CS1. The molecule has 0 bridgehead atoms. The standard InChI is InChI=1S/C9H17N3S/c1(9-7-13-8-11-9)4-12-5-2-10-3-6-12/h8-10H,1-7H2/t9-/m1/s1. The second-order valence-corrected chi connectivity index (χ2v) is 4.50. The fraction of sp³-hybridized carbons (Fsp3) is 0.889. The van der Waals surface area contributed by atoms with Gasteiger partial charge in [-0.3, -0.25) is 4.99 Å². The quantitative estimate of drug-likeness (QED) is 0.714. The van der Waals surface area contributed by atoms with Crippen molar-refractivity contribution in [1.82, 2.24) is 10.2 Å². The van der Waals surface area contributed by atoms with Crippen molar-refractivity contribution in [3.8, 4) is 0 Å². The molecule has 0 radical (unpaired) electrons. The van der Waals surface area contributed by atoms with Crippen LogP contribution in [0.1, 0.15) is 6.42 Å². The third-order valence-electron chi connectivity index (χ3n) is 2.62. The molecule has 0 spiro atoms. The van der Waals surface area contributed by atoms with Crippen molar-refractivity contribution in [2.45, 2.75) is 12.5 Å². The van der Waals surface area contributed by atoms with Gasteiger partial charge in [-0.15, -0.1) is 11.8 Å². The summed E-state index contributed by atoms with van der Waals surface area (Å²) in [5.74, 6) is 1.20. The molecule has 2 aliphatic rings. The highest BCUT2D eigenvalue weighted by Gasteiger charge is 2.14. The van der Waals surface area contributed by atoms with Crippen molar-refractivity contribution < 1.29 is 0 Å². The number of rotatable bonds is 3. The minimum atomic E-state index is 0.597. The number of hydrogen-bond acceptors (Lipinski definition) is 4. The minimum absolute atomic E-state index is 0.597. The van der Waals surface area contributed by atoms with E-state index in [1.807, 2.05) is 17.3 Å². The molecule has 0 saturated carbocycles. The fourth-order valence-electron chi connectivity index (χ4n) is 1.75. The van der Waals surface area contributed by atoms with E-state index < -0.39 is 0 Å². The van der Waals surface area contributed by atoms with Crippen LogP contribution in [0.5, 0.6) is 0 Å². The van der Waals surface area contributed by atoms with Gasteiger partial charge in [-0.2, -0.15) is 0 Å². The summed E-state index contributed by atoms with van der Waals surface area (Å²) >= 11 is 1.85. The molecule has 1 fully saturated rings. The molecule has 13 heavy (non-hydrogen) atoms. The van der Waals surface area contributed by atoms with E-state index in [4.69, 9.17) is 0 Å². The van der Waals surface area contributed by atoms with Gasteiger partial charge >= 0.3 is 0 Å². The van der Waals surface area contributed by atoms with Crippen LogP contribution in [0.15, 0.2) is 4.99 Å². The van der Waals surface area contributed by atoms with Crippen LogP contribution in [-0.2, 0) is 0 Å². The molecule has 1 N–H and O–H groups in total. The van der Waals surface area contributed by atoms with E-state index >= 15 is 0 Å². The van der Waals surface area contributed by atoms with E-state index in [0.717, 1.165) is 13.1 Å². The summed E-state index contributed by atoms with van der Waals surface area (Å²) in [7, 11) is 0. The Labute approximate surface area is 84.0 Å². The predicted molar refractivity (Wildman–Crippen MR) is 58.7 cm³/mol. The van der Waals surface area contributed by atoms with Crippen molar-refractivity contribution in [2.24, 2.45) is 4.99 Å². The van der Waals surface area contributed by atoms with E-state index in [1.54, 1.807) is 0 Å². The second kappa shape index (κ2) is 4.98. The topological polar surface area (TPSA) is 27.6 Å². The van der Waals surface area contributed by atoms with Crippen LogP contribution in [0.2, 0.25) is 0 Å². The van der Waals surface area contributed by atoms with Crippen molar-refractivity contribution in [2.75, 3.05) is 38.5 Å². The molecule has 2 heterocycles. The van der Waals surface area contributed by atoms with E-state index in [1.165, 1.54) is 31.8 Å². The van der Waals surface area contributed by atoms with Crippen LogP contribution in [0, 0.1) is 0 Å². The van der Waals surface area contributed by atoms with E-state index in [9.17, 15) is 0 Å². The fourth-order valence-corrected chi connectivity index (χ4v) is 2.57. The first-order chi connectivity index (χ1) is 6.45. The number of hydrogen-bond donors (Lipinski definition) is 1. The van der Waals surface area contributed by atoms with Gasteiger partial charge in [0.2, 0.25) is 0 Å². The van der Waals surface area contributed by atoms with Crippen molar-refractivity contribution >= 4 is 17.3 Å². The lowest BCUT2D eigenvalue weighted by atomic mass is 10.2. The zero-order chi connectivity index (χ0) is 8.93. The maximum absolute atomic E-state index is 4.42. The zero-order valence-electron chi connectivity index (χ0n) is 7.91. The number of aliphatic imine (C=N–C) groups is 1. The monoisotopic (exact) mass is 199 g/mol. The Morgan fingerprint density at radius 2 is 2.31 bits per heavy atom. The normalized spacial score (nSPS) is 29.7. The molecule has 0 aromatic rings. The first kappa shape index (κ1) is 9.49. The number of nitrogens with zero attached hydrogens (tertiary/aromatic N) is 2. The summed E-state index contributed by atoms with van der Waals surface area (Å²) in [6.07, 6.45) is 1.24. The molecule has 0 amide bonds. The molecule has 0 unspecified atom stereocenters. The Bertz CT molecular complexity index is 178. The van der Waals surface area contributed by atoms with Gasteiger partial charge in [-0.1, -0.05) is 0 Å². The summed E-state index contributed by atoms with van der Waals surface area (Å²) < 4.78 is 0. The highest BCUT2D eigenvalue weighted by atomic mass is 32.2. The third-order valence-corrected chi connectivity index (χ3v) is 3.47. The summed E-state index contributed by atoms with van der Waals surface area (Å²) in [6.45, 7) is 5.96. The second-order valence-electron chi connectivity index (χ2n) is 3.62. The lowest BCUT2D eigenvalue weighted by molar-refractivity contribution is 0.235. The molecule has 74 valence electrons. The molecular weight excluding hydrogens is 182 g/mol. The zero-order valence-corrected chi connectivity index (χ0v) is 8.72. The summed E-state index contributed by atoms with van der Waals surface area (Å²) in [4.78, 5) is 6.95. The Hall–Kier alpha value is -0.0600. The van der Waals surface area contributed by atoms with Crippen molar-refractivity contribution in [3.05, 3.63) is 0 Å². The van der Waals surface area contributed by atoms with Crippen LogP contribution < -0.4 is 5.32 Å². The van der Waals surface area contributed by atoms with Gasteiger partial charge in [-0.05, 0) is 6.42 Å². The van der Waals surface area contributed by atoms with Gasteiger partial charge in [-0.25, -0.2) is 0 Å². The average Bonchev–Trinajstić information content (AvgIpc) is 2.69. The molecule has 1 atom stereocenters. The Morgan fingerprint density at radius 1 is 1.46 bits per heavy atom. The minimum Gasteiger partial charge on any atom is -0.314 e. The Balaban J connectivity index is 1.63. The van der Waals surface area contributed by atoms with Gasteiger partial charge in [0.1, 0.15) is 0 Å². The van der Waals surface area contributed by atoms with Gasteiger partial charge in [0.05, 0.1) is 11.6 Å². The highest BCUT2D eigenvalue weighted by molar-refractivity contribution is 8.12. The largest absolute Gasteiger partial charge is 0.314 e. The lowest BCUT2D eigenvalue weighted by Gasteiger charge is -2.27. The molecule has 3 nitrogen and oxygen atoms in total. The molecule has 0 aromatic heterocycles. The van der Waals surface area contributed by atoms with E-state index in [-0.39, 0.29) is 0 Å². The molecular formula is C9H17N3S. The van der Waals surface area contributed by atoms with Crippen molar-refractivity contribution in [3.63, 3.8) is 0 Å². The Morgan fingerprint density at radius 3 is 3.00 bits per heavy atom. The maximum Gasteiger partial charge on any atom is 0.0612 e. The number of piperazine rings is 1. The molecule has 0 aromatic carbocycles. The van der Waals surface area contributed by atoms with Crippen LogP contribution in [-0.4, -0.2) is 55.0 Å².